The summed E-state index contributed by atoms with van der Waals surface area (Å²) in [4.78, 5) is 0. The Morgan fingerprint density at radius 2 is 2.06 bits per heavy atom. The van der Waals surface area contributed by atoms with Gasteiger partial charge in [-0.3, -0.25) is 0 Å². The van der Waals surface area contributed by atoms with E-state index in [1.165, 1.54) is 5.56 Å². The highest BCUT2D eigenvalue weighted by molar-refractivity contribution is 6.38. The lowest BCUT2D eigenvalue weighted by Gasteiger charge is -2.11. The molecule has 1 aliphatic heterocycles. The number of benzene rings is 1. The molecule has 0 aliphatic carbocycles. The number of hydrogen-bond acceptors (Lipinski definition) is 2. The van der Waals surface area contributed by atoms with Gasteiger partial charge in [-0.05, 0) is 6.07 Å². The van der Waals surface area contributed by atoms with Crippen molar-refractivity contribution in [3.8, 4) is 0 Å². The fourth-order valence-electron chi connectivity index (χ4n) is 2.06. The lowest BCUT2D eigenvalue weighted by Crippen LogP contribution is -2.22. The molecule has 0 bridgehead atoms. The van der Waals surface area contributed by atoms with Crippen molar-refractivity contribution in [1.82, 2.24) is 5.32 Å². The molecule has 5 heteroatoms. The third-order valence-corrected chi connectivity index (χ3v) is 3.24. The Hall–Kier alpha value is -0.410. The van der Waals surface area contributed by atoms with E-state index >= 15 is 0 Å². The van der Waals surface area contributed by atoms with Crippen LogP contribution in [0, 0.1) is 0 Å². The van der Waals surface area contributed by atoms with Crippen molar-refractivity contribution in [2.24, 2.45) is 0 Å². The van der Waals surface area contributed by atoms with Crippen LogP contribution in [0.3, 0.4) is 0 Å². The van der Waals surface area contributed by atoms with Gasteiger partial charge in [-0.15, -0.1) is 12.4 Å². The van der Waals surface area contributed by atoms with Gasteiger partial charge in [0, 0.05) is 41.5 Å². The summed E-state index contributed by atoms with van der Waals surface area (Å²) in [7, 11) is 0. The summed E-state index contributed by atoms with van der Waals surface area (Å²) in [5.41, 5.74) is 1.97. The van der Waals surface area contributed by atoms with E-state index in [1.54, 1.807) is 6.07 Å². The molecule has 1 aromatic heterocycles. The van der Waals surface area contributed by atoms with Gasteiger partial charge in [0.1, 0.15) is 11.3 Å². The zero-order chi connectivity index (χ0) is 10.4. The number of furan rings is 1. The molecule has 0 saturated carbocycles. The minimum atomic E-state index is 0. The quantitative estimate of drug-likeness (QED) is 0.793. The summed E-state index contributed by atoms with van der Waals surface area (Å²) >= 11 is 12.1. The van der Waals surface area contributed by atoms with Crippen molar-refractivity contribution in [2.75, 3.05) is 6.54 Å². The van der Waals surface area contributed by atoms with E-state index < -0.39 is 0 Å². The van der Waals surface area contributed by atoms with Gasteiger partial charge in [0.2, 0.25) is 0 Å². The largest absolute Gasteiger partial charge is 0.461 e. The topological polar surface area (TPSA) is 25.2 Å². The minimum absolute atomic E-state index is 0. The van der Waals surface area contributed by atoms with Gasteiger partial charge < -0.3 is 9.73 Å². The average molecular weight is 279 g/mol. The molecule has 0 radical (unpaired) electrons. The number of halogens is 3. The van der Waals surface area contributed by atoms with Gasteiger partial charge in [0.25, 0.3) is 0 Å². The highest BCUT2D eigenvalue weighted by atomic mass is 35.5. The predicted molar refractivity (Wildman–Crippen MR) is 68.9 cm³/mol. The van der Waals surface area contributed by atoms with Crippen LogP contribution < -0.4 is 5.32 Å². The molecule has 0 unspecified atom stereocenters. The molecule has 0 saturated heterocycles. The molecular formula is C11H10Cl3NO. The maximum absolute atomic E-state index is 6.17. The Kier molecular flexibility index (Phi) is 3.36. The van der Waals surface area contributed by atoms with Gasteiger partial charge >= 0.3 is 0 Å². The predicted octanol–water partition coefficient (Wildman–Crippen LogP) is 3.81. The molecule has 1 N–H and O–H groups in total. The molecule has 2 heterocycles. The van der Waals surface area contributed by atoms with Crippen LogP contribution in [-0.4, -0.2) is 6.54 Å². The van der Waals surface area contributed by atoms with Gasteiger partial charge in [0.05, 0.1) is 5.02 Å². The second-order valence-electron chi connectivity index (χ2n) is 3.69. The fourth-order valence-corrected chi connectivity index (χ4v) is 2.65. The smallest absolute Gasteiger partial charge is 0.137 e. The minimum Gasteiger partial charge on any atom is -0.461 e. The molecule has 0 atom stereocenters. The molecule has 1 aromatic carbocycles. The molecule has 16 heavy (non-hydrogen) atoms. The van der Waals surface area contributed by atoms with E-state index in [1.807, 2.05) is 6.07 Å². The van der Waals surface area contributed by atoms with Crippen molar-refractivity contribution < 1.29 is 4.42 Å². The first-order valence-electron chi connectivity index (χ1n) is 4.86. The number of nitrogens with one attached hydrogen (secondary N) is 1. The molecule has 86 valence electrons. The SMILES string of the molecule is Cl.Clc1cc(Cl)c2c3c(oc2c1)CCNC3. The highest BCUT2D eigenvalue weighted by Gasteiger charge is 2.19. The van der Waals surface area contributed by atoms with E-state index in [4.69, 9.17) is 27.6 Å². The summed E-state index contributed by atoms with van der Waals surface area (Å²) in [5.74, 6) is 1.04. The van der Waals surface area contributed by atoms with Gasteiger partial charge in [-0.25, -0.2) is 0 Å². The average Bonchev–Trinajstić information content (AvgIpc) is 2.54. The monoisotopic (exact) mass is 277 g/mol. The van der Waals surface area contributed by atoms with E-state index in [-0.39, 0.29) is 12.4 Å². The second kappa shape index (κ2) is 4.46. The summed E-state index contributed by atoms with van der Waals surface area (Å²) in [6.07, 6.45) is 0.915. The Morgan fingerprint density at radius 3 is 2.88 bits per heavy atom. The van der Waals surface area contributed by atoms with E-state index in [9.17, 15) is 0 Å². The van der Waals surface area contributed by atoms with Crippen LogP contribution in [0.4, 0.5) is 0 Å². The number of rotatable bonds is 0. The van der Waals surface area contributed by atoms with Crippen molar-refractivity contribution in [2.45, 2.75) is 13.0 Å². The van der Waals surface area contributed by atoms with Crippen molar-refractivity contribution in [1.29, 1.82) is 0 Å². The van der Waals surface area contributed by atoms with Crippen LogP contribution in [0.25, 0.3) is 11.0 Å². The van der Waals surface area contributed by atoms with Crippen molar-refractivity contribution in [3.63, 3.8) is 0 Å². The summed E-state index contributed by atoms with van der Waals surface area (Å²) in [6.45, 7) is 1.78. The zero-order valence-corrected chi connectivity index (χ0v) is 10.7. The van der Waals surface area contributed by atoms with Crippen LogP contribution in [0.15, 0.2) is 16.5 Å². The maximum Gasteiger partial charge on any atom is 0.137 e. The third kappa shape index (κ3) is 1.80. The number of hydrogen-bond donors (Lipinski definition) is 1. The van der Waals surface area contributed by atoms with Crippen LogP contribution in [0.1, 0.15) is 11.3 Å². The van der Waals surface area contributed by atoms with Crippen molar-refractivity contribution in [3.05, 3.63) is 33.5 Å². The summed E-state index contributed by atoms with van der Waals surface area (Å²) < 4.78 is 5.74. The normalized spacial score (nSPS) is 14.6. The molecule has 2 aromatic rings. The van der Waals surface area contributed by atoms with E-state index in [0.29, 0.717) is 10.0 Å². The van der Waals surface area contributed by atoms with Crippen LogP contribution in [0.2, 0.25) is 10.0 Å². The van der Waals surface area contributed by atoms with Gasteiger partial charge in [-0.2, -0.15) is 0 Å². The first-order chi connectivity index (χ1) is 7.25. The first-order valence-corrected chi connectivity index (χ1v) is 5.61. The standard InChI is InChI=1S/C11H9Cl2NO.ClH/c12-6-3-8(13)11-7-5-14-2-1-9(7)15-10(11)4-6;/h3-4,14H,1-2,5H2;1H. The number of fused-ring (bicyclic) bond motifs is 3. The maximum atomic E-state index is 6.17. The lowest BCUT2D eigenvalue weighted by atomic mass is 10.1. The molecule has 0 spiro atoms. The zero-order valence-electron chi connectivity index (χ0n) is 8.35. The summed E-state index contributed by atoms with van der Waals surface area (Å²) in [5, 5.41) is 5.60. The van der Waals surface area contributed by atoms with Gasteiger partial charge in [-0.1, -0.05) is 23.2 Å². The molecule has 1 aliphatic rings. The molecular weight excluding hydrogens is 268 g/mol. The Balaban J connectivity index is 0.000000963. The van der Waals surface area contributed by atoms with Crippen molar-refractivity contribution >= 4 is 46.6 Å². The Bertz CT molecular complexity index is 535. The highest BCUT2D eigenvalue weighted by Crippen LogP contribution is 2.35. The van der Waals surface area contributed by atoms with Crippen LogP contribution in [0.5, 0.6) is 0 Å². The molecule has 2 nitrogen and oxygen atoms in total. The molecule has 3 rings (SSSR count). The third-order valence-electron chi connectivity index (χ3n) is 2.72. The van der Waals surface area contributed by atoms with Crippen LogP contribution >= 0.6 is 35.6 Å². The fraction of sp³-hybridized carbons (Fsp3) is 0.273. The first kappa shape index (κ1) is 12.1. The Morgan fingerprint density at radius 1 is 1.25 bits per heavy atom. The van der Waals surface area contributed by atoms with Gasteiger partial charge in [0.15, 0.2) is 0 Å². The Labute approximate surface area is 109 Å². The summed E-state index contributed by atoms with van der Waals surface area (Å²) in [6, 6.07) is 3.58. The van der Waals surface area contributed by atoms with E-state index in [0.717, 1.165) is 36.2 Å². The van der Waals surface area contributed by atoms with Crippen LogP contribution in [-0.2, 0) is 13.0 Å². The molecule has 0 amide bonds. The lowest BCUT2D eigenvalue weighted by molar-refractivity contribution is 0.500. The molecule has 0 fully saturated rings. The van der Waals surface area contributed by atoms with E-state index in [2.05, 4.69) is 5.32 Å². The second-order valence-corrected chi connectivity index (χ2v) is 4.53.